The number of hydrogen-bond acceptors (Lipinski definition) is 1. The molecule has 1 amide bonds. The van der Waals surface area contributed by atoms with Gasteiger partial charge in [0.2, 0.25) is 0 Å². The van der Waals surface area contributed by atoms with E-state index in [2.05, 4.69) is 24.4 Å². The predicted molar refractivity (Wildman–Crippen MR) is 95.9 cm³/mol. The summed E-state index contributed by atoms with van der Waals surface area (Å²) in [5.41, 5.74) is 4.13. The molecule has 0 heterocycles. The van der Waals surface area contributed by atoms with Crippen molar-refractivity contribution >= 4 is 11.6 Å². The normalized spacial score (nSPS) is 21.0. The molecule has 0 aliphatic heterocycles. The number of carbonyl (C=O) groups is 1. The van der Waals surface area contributed by atoms with Crippen molar-refractivity contribution in [2.24, 2.45) is 5.92 Å². The maximum Gasteiger partial charge on any atom is 0.255 e. The summed E-state index contributed by atoms with van der Waals surface area (Å²) in [6, 6.07) is 16.0. The number of rotatable bonds is 3. The molecule has 1 fully saturated rings. The fraction of sp³-hybridized carbons (Fsp3) is 0.381. The zero-order chi connectivity index (χ0) is 16.2. The monoisotopic (exact) mass is 307 g/mol. The summed E-state index contributed by atoms with van der Waals surface area (Å²) in [7, 11) is 0. The minimum atomic E-state index is -0.0438. The highest BCUT2D eigenvalue weighted by Crippen LogP contribution is 2.35. The number of hydrogen-bond donors (Lipinski definition) is 1. The number of anilines is 1. The lowest BCUT2D eigenvalue weighted by Crippen LogP contribution is -2.13. The predicted octanol–water partition coefficient (Wildman–Crippen LogP) is 5.54. The number of benzene rings is 2. The number of amides is 1. The molecule has 2 aromatic rings. The highest BCUT2D eigenvalue weighted by molar-refractivity contribution is 6.04. The summed E-state index contributed by atoms with van der Waals surface area (Å²) in [4.78, 5) is 12.3. The van der Waals surface area contributed by atoms with E-state index >= 15 is 0 Å². The molecular weight excluding hydrogens is 282 g/mol. The molecule has 3 rings (SSSR count). The van der Waals surface area contributed by atoms with Crippen molar-refractivity contribution in [3.05, 3.63) is 65.2 Å². The van der Waals surface area contributed by atoms with Crippen molar-refractivity contribution < 1.29 is 4.79 Å². The minimum Gasteiger partial charge on any atom is -0.322 e. The van der Waals surface area contributed by atoms with Crippen LogP contribution in [0.25, 0.3) is 0 Å². The van der Waals surface area contributed by atoms with Crippen LogP contribution in [0.4, 0.5) is 5.69 Å². The van der Waals surface area contributed by atoms with E-state index < -0.39 is 0 Å². The molecule has 0 bridgehead atoms. The lowest BCUT2D eigenvalue weighted by Gasteiger charge is -2.26. The second-order valence-corrected chi connectivity index (χ2v) is 6.90. The molecule has 0 spiro atoms. The first-order valence-corrected chi connectivity index (χ1v) is 8.60. The van der Waals surface area contributed by atoms with E-state index in [0.717, 1.165) is 17.2 Å². The molecule has 0 saturated heterocycles. The third kappa shape index (κ3) is 4.01. The molecule has 2 nitrogen and oxygen atoms in total. The summed E-state index contributed by atoms with van der Waals surface area (Å²) in [5, 5.41) is 2.95. The third-order valence-corrected chi connectivity index (χ3v) is 4.97. The van der Waals surface area contributed by atoms with Gasteiger partial charge in [0, 0.05) is 11.3 Å². The van der Waals surface area contributed by atoms with E-state index in [4.69, 9.17) is 0 Å². The van der Waals surface area contributed by atoms with Gasteiger partial charge >= 0.3 is 0 Å². The molecule has 0 aromatic heterocycles. The Hall–Kier alpha value is -2.09. The Morgan fingerprint density at radius 2 is 1.52 bits per heavy atom. The van der Waals surface area contributed by atoms with E-state index in [1.807, 2.05) is 43.3 Å². The topological polar surface area (TPSA) is 29.1 Å². The van der Waals surface area contributed by atoms with Gasteiger partial charge in [0.15, 0.2) is 0 Å². The first-order valence-electron chi connectivity index (χ1n) is 8.60. The summed E-state index contributed by atoms with van der Waals surface area (Å²) < 4.78 is 0. The van der Waals surface area contributed by atoms with Crippen molar-refractivity contribution in [1.82, 2.24) is 0 Å². The van der Waals surface area contributed by atoms with Crippen molar-refractivity contribution in [2.45, 2.75) is 45.4 Å². The van der Waals surface area contributed by atoms with Crippen LogP contribution in [0.2, 0.25) is 0 Å². The van der Waals surface area contributed by atoms with Gasteiger partial charge in [-0.3, -0.25) is 4.79 Å². The number of aryl methyl sites for hydroxylation is 1. The molecule has 0 radical (unpaired) electrons. The highest BCUT2D eigenvalue weighted by Gasteiger charge is 2.19. The fourth-order valence-corrected chi connectivity index (χ4v) is 3.34. The van der Waals surface area contributed by atoms with Gasteiger partial charge in [-0.2, -0.15) is 0 Å². The van der Waals surface area contributed by atoms with E-state index in [-0.39, 0.29) is 5.91 Å². The van der Waals surface area contributed by atoms with Crippen LogP contribution in [0.15, 0.2) is 48.5 Å². The van der Waals surface area contributed by atoms with Crippen molar-refractivity contribution in [1.29, 1.82) is 0 Å². The molecule has 1 aliphatic rings. The standard InChI is InChI=1S/C21H25NO/c1-15-3-7-17(8-4-15)18-9-11-19(12-10-18)21(23)22-20-13-5-16(2)6-14-20/h5-6,9-15,17H,3-4,7-8H2,1-2H3,(H,22,23). The minimum absolute atomic E-state index is 0.0438. The lowest BCUT2D eigenvalue weighted by atomic mass is 9.79. The first kappa shape index (κ1) is 15.8. The lowest BCUT2D eigenvalue weighted by molar-refractivity contribution is 0.102. The molecule has 1 aliphatic carbocycles. The average molecular weight is 307 g/mol. The van der Waals surface area contributed by atoms with Crippen LogP contribution in [0.3, 0.4) is 0 Å². The average Bonchev–Trinajstić information content (AvgIpc) is 2.58. The summed E-state index contributed by atoms with van der Waals surface area (Å²) in [6.45, 7) is 4.38. The fourth-order valence-electron chi connectivity index (χ4n) is 3.34. The van der Waals surface area contributed by atoms with Crippen molar-refractivity contribution in [2.75, 3.05) is 5.32 Å². The Bertz CT molecular complexity index is 649. The van der Waals surface area contributed by atoms with Crippen LogP contribution in [0, 0.1) is 12.8 Å². The smallest absolute Gasteiger partial charge is 0.255 e. The van der Waals surface area contributed by atoms with E-state index in [9.17, 15) is 4.79 Å². The van der Waals surface area contributed by atoms with E-state index in [1.54, 1.807) is 0 Å². The zero-order valence-corrected chi connectivity index (χ0v) is 14.0. The quantitative estimate of drug-likeness (QED) is 0.792. The van der Waals surface area contributed by atoms with Crippen LogP contribution in [0.5, 0.6) is 0 Å². The molecular formula is C21H25NO. The van der Waals surface area contributed by atoms with Gasteiger partial charge in [0.05, 0.1) is 0 Å². The highest BCUT2D eigenvalue weighted by atomic mass is 16.1. The molecule has 0 unspecified atom stereocenters. The maximum atomic E-state index is 12.3. The van der Waals surface area contributed by atoms with Gasteiger partial charge in [-0.15, -0.1) is 0 Å². The molecule has 120 valence electrons. The summed E-state index contributed by atoms with van der Waals surface area (Å²) in [5.74, 6) is 1.49. The second kappa shape index (κ2) is 6.99. The van der Waals surface area contributed by atoms with Crippen LogP contribution in [0.1, 0.15) is 60.0 Å². The van der Waals surface area contributed by atoms with Crippen molar-refractivity contribution in [3.8, 4) is 0 Å². The Morgan fingerprint density at radius 1 is 0.913 bits per heavy atom. The van der Waals surface area contributed by atoms with Gasteiger partial charge < -0.3 is 5.32 Å². The molecule has 23 heavy (non-hydrogen) atoms. The SMILES string of the molecule is Cc1ccc(NC(=O)c2ccc(C3CCC(C)CC3)cc2)cc1. The number of carbonyl (C=O) groups excluding carboxylic acids is 1. The van der Waals surface area contributed by atoms with Crippen LogP contribution >= 0.6 is 0 Å². The third-order valence-electron chi connectivity index (χ3n) is 4.97. The van der Waals surface area contributed by atoms with E-state index in [1.165, 1.54) is 36.8 Å². The zero-order valence-electron chi connectivity index (χ0n) is 14.0. The maximum absolute atomic E-state index is 12.3. The van der Waals surface area contributed by atoms with Gasteiger partial charge in [-0.05, 0) is 61.4 Å². The summed E-state index contributed by atoms with van der Waals surface area (Å²) >= 11 is 0. The summed E-state index contributed by atoms with van der Waals surface area (Å²) in [6.07, 6.45) is 5.19. The molecule has 0 atom stereocenters. The van der Waals surface area contributed by atoms with Gasteiger partial charge in [-0.1, -0.05) is 49.6 Å². The Morgan fingerprint density at radius 3 is 2.13 bits per heavy atom. The van der Waals surface area contributed by atoms with Gasteiger partial charge in [-0.25, -0.2) is 0 Å². The molecule has 1 N–H and O–H groups in total. The molecule has 1 saturated carbocycles. The Labute approximate surface area is 138 Å². The second-order valence-electron chi connectivity index (χ2n) is 6.90. The Balaban J connectivity index is 1.64. The van der Waals surface area contributed by atoms with Gasteiger partial charge in [0.25, 0.3) is 5.91 Å². The first-order chi connectivity index (χ1) is 11.1. The van der Waals surface area contributed by atoms with Crippen LogP contribution < -0.4 is 5.32 Å². The van der Waals surface area contributed by atoms with E-state index in [0.29, 0.717) is 5.92 Å². The Kier molecular flexibility index (Phi) is 4.80. The van der Waals surface area contributed by atoms with Crippen LogP contribution in [-0.4, -0.2) is 5.91 Å². The van der Waals surface area contributed by atoms with Crippen molar-refractivity contribution in [3.63, 3.8) is 0 Å². The largest absolute Gasteiger partial charge is 0.322 e. The van der Waals surface area contributed by atoms with Gasteiger partial charge in [0.1, 0.15) is 0 Å². The number of nitrogens with one attached hydrogen (secondary N) is 1. The molecule has 2 aromatic carbocycles. The molecule has 2 heteroatoms. The van der Waals surface area contributed by atoms with Crippen LogP contribution in [-0.2, 0) is 0 Å².